The number of benzene rings is 1. The molecule has 1 aliphatic heterocycles. The molecule has 0 radical (unpaired) electrons. The van der Waals surface area contributed by atoms with Crippen LogP contribution in [0.1, 0.15) is 74.0 Å². The maximum atomic E-state index is 13.2. The van der Waals surface area contributed by atoms with Crippen LogP contribution in [0.2, 0.25) is 5.02 Å². The van der Waals surface area contributed by atoms with Crippen molar-refractivity contribution < 1.29 is 27.5 Å². The summed E-state index contributed by atoms with van der Waals surface area (Å²) in [5, 5.41) is -0.114. The fraction of sp³-hybridized carbons (Fsp3) is 0.545. The predicted octanol–water partition coefficient (Wildman–Crippen LogP) is 5.25. The van der Waals surface area contributed by atoms with Crippen molar-refractivity contribution in [3.63, 3.8) is 0 Å². The molecule has 2 aliphatic carbocycles. The van der Waals surface area contributed by atoms with Gasteiger partial charge in [-0.2, -0.15) is 0 Å². The largest absolute Gasteiger partial charge is 0.489 e. The maximum absolute atomic E-state index is 13.2. The Morgan fingerprint density at radius 2 is 2.09 bits per heavy atom. The number of rotatable bonds is 11. The highest BCUT2D eigenvalue weighted by Gasteiger charge is 2.44. The predicted molar refractivity (Wildman–Crippen MR) is 171 cm³/mol. The van der Waals surface area contributed by atoms with Crippen molar-refractivity contribution in [2.24, 2.45) is 11.8 Å². The van der Waals surface area contributed by atoms with Crippen LogP contribution in [-0.2, 0) is 31.4 Å². The molecule has 238 valence electrons. The normalized spacial score (nSPS) is 23.7. The molecular formula is C33H42ClN3O6S. The van der Waals surface area contributed by atoms with E-state index in [1.165, 1.54) is 31.2 Å². The minimum absolute atomic E-state index is 0.0150. The van der Waals surface area contributed by atoms with Crippen molar-refractivity contribution in [3.05, 3.63) is 64.3 Å². The number of ketones is 1. The number of ether oxygens (including phenoxy) is 2. The van der Waals surface area contributed by atoms with Crippen molar-refractivity contribution in [3.8, 4) is 5.75 Å². The molecular weight excluding hydrogens is 602 g/mol. The van der Waals surface area contributed by atoms with Gasteiger partial charge in [0.15, 0.2) is 17.4 Å². The molecule has 1 aromatic carbocycles. The van der Waals surface area contributed by atoms with E-state index in [2.05, 4.69) is 15.7 Å². The second-order valence-corrected chi connectivity index (χ2v) is 14.9. The molecule has 3 aliphatic rings. The van der Waals surface area contributed by atoms with Crippen molar-refractivity contribution in [2.45, 2.75) is 69.5 Å². The molecule has 11 heteroatoms. The molecule has 2 heterocycles. The average Bonchev–Trinajstić information content (AvgIpc) is 3.13. The minimum atomic E-state index is -3.94. The van der Waals surface area contributed by atoms with Gasteiger partial charge in [0.05, 0.1) is 11.9 Å². The first-order valence-corrected chi connectivity index (χ1v) is 17.4. The number of nitrogens with one attached hydrogen (secondary N) is 1. The highest BCUT2D eigenvalue weighted by molar-refractivity contribution is 7.90. The molecule has 0 saturated heterocycles. The second kappa shape index (κ2) is 13.6. The summed E-state index contributed by atoms with van der Waals surface area (Å²) in [5.41, 5.74) is 2.05. The molecule has 0 unspecified atom stereocenters. The van der Waals surface area contributed by atoms with Gasteiger partial charge in [-0.25, -0.2) is 18.1 Å². The third kappa shape index (κ3) is 6.82. The number of sulfonamides is 1. The summed E-state index contributed by atoms with van der Waals surface area (Å²) in [4.78, 5) is 33.1. The summed E-state index contributed by atoms with van der Waals surface area (Å²) in [6.45, 7) is 5.39. The summed E-state index contributed by atoms with van der Waals surface area (Å²) in [5.74, 6) is 0.433. The van der Waals surface area contributed by atoms with Gasteiger partial charge in [-0.15, -0.1) is 0 Å². The molecule has 1 saturated carbocycles. The third-order valence-corrected chi connectivity index (χ3v) is 11.4. The zero-order chi connectivity index (χ0) is 31.5. The van der Waals surface area contributed by atoms with Crippen molar-refractivity contribution in [2.75, 3.05) is 38.3 Å². The van der Waals surface area contributed by atoms with Gasteiger partial charge >= 0.3 is 0 Å². The number of carbonyl (C=O) groups excluding carboxylic acids is 2. The Morgan fingerprint density at radius 1 is 1.27 bits per heavy atom. The quantitative estimate of drug-likeness (QED) is 0.330. The Labute approximate surface area is 265 Å². The van der Waals surface area contributed by atoms with Gasteiger partial charge in [0.25, 0.3) is 5.91 Å². The van der Waals surface area contributed by atoms with E-state index >= 15 is 0 Å². The van der Waals surface area contributed by atoms with Crippen LogP contribution in [0.3, 0.4) is 0 Å². The fourth-order valence-electron chi connectivity index (χ4n) is 6.63. The number of hydrogen-bond acceptors (Lipinski definition) is 8. The first kappa shape index (κ1) is 32.4. The maximum Gasteiger partial charge on any atom is 0.283 e. The Bertz CT molecular complexity index is 1530. The van der Waals surface area contributed by atoms with E-state index in [0.29, 0.717) is 36.3 Å². The molecule has 1 amide bonds. The van der Waals surface area contributed by atoms with Crippen LogP contribution in [-0.4, -0.2) is 63.8 Å². The summed E-state index contributed by atoms with van der Waals surface area (Å²) >= 11 is 6.38. The highest BCUT2D eigenvalue weighted by Crippen LogP contribution is 2.45. The second-order valence-electron chi connectivity index (χ2n) is 12.3. The zero-order valence-electron chi connectivity index (χ0n) is 25.7. The van der Waals surface area contributed by atoms with Crippen LogP contribution in [0, 0.1) is 11.8 Å². The van der Waals surface area contributed by atoms with Crippen molar-refractivity contribution >= 4 is 39.1 Å². The number of hydrogen-bond donors (Lipinski definition) is 1. The molecule has 1 N–H and O–H groups in total. The van der Waals surface area contributed by atoms with E-state index < -0.39 is 21.2 Å². The number of aromatic nitrogens is 1. The molecule has 4 atom stereocenters. The summed E-state index contributed by atoms with van der Waals surface area (Å²) in [7, 11) is -2.44. The number of fused-ring (bicyclic) bond motifs is 3. The molecule has 1 aromatic heterocycles. The summed E-state index contributed by atoms with van der Waals surface area (Å²) in [6, 6.07) is 9.26. The standard InChI is InChI=1S/C33H42ClN3O6S/c1-4-5-8-29(38)26-11-9-24(26)19-37-20-33(16-6-7-23-18-25(34)10-12-27(23)33)21-43-30-14-13-28(35-31(30)37)32(39)36-44(40,41)22(2)15-17-42-3/h5,8,10,12-14,18,22,24,26H,4,6-7,9,11,15-17,19-21H2,1-3H3,(H,36,39)/b8-5+/t22-,24-,26+,33-/m0/s1. The average molecular weight is 644 g/mol. The van der Waals surface area contributed by atoms with Crippen LogP contribution in [0.25, 0.3) is 0 Å². The number of methoxy groups -OCH3 is 1. The first-order valence-electron chi connectivity index (χ1n) is 15.5. The van der Waals surface area contributed by atoms with Crippen LogP contribution in [0.5, 0.6) is 5.75 Å². The van der Waals surface area contributed by atoms with Gasteiger partial charge in [-0.05, 0) is 99.3 Å². The lowest BCUT2D eigenvalue weighted by Gasteiger charge is -2.43. The Morgan fingerprint density at radius 3 is 2.82 bits per heavy atom. The lowest BCUT2D eigenvalue weighted by atomic mass is 9.69. The van der Waals surface area contributed by atoms with Crippen molar-refractivity contribution in [1.82, 2.24) is 9.71 Å². The number of nitrogens with zero attached hydrogens (tertiary/aromatic N) is 2. The molecule has 1 spiro atoms. The molecule has 2 aromatic rings. The van der Waals surface area contributed by atoms with Gasteiger partial charge in [0.2, 0.25) is 10.0 Å². The van der Waals surface area contributed by atoms with Gasteiger partial charge in [-0.3, -0.25) is 9.59 Å². The number of halogens is 1. The number of allylic oxidation sites excluding steroid dienone is 2. The van der Waals surface area contributed by atoms with Gasteiger partial charge < -0.3 is 14.4 Å². The lowest BCUT2D eigenvalue weighted by Crippen LogP contribution is -2.49. The van der Waals surface area contributed by atoms with E-state index in [0.717, 1.165) is 38.5 Å². The van der Waals surface area contributed by atoms with E-state index in [1.54, 1.807) is 12.1 Å². The Kier molecular flexibility index (Phi) is 10.0. The lowest BCUT2D eigenvalue weighted by molar-refractivity contribution is -0.122. The van der Waals surface area contributed by atoms with E-state index in [4.69, 9.17) is 26.1 Å². The van der Waals surface area contributed by atoms with Gasteiger partial charge in [0, 0.05) is 43.2 Å². The van der Waals surface area contributed by atoms with E-state index in [-0.39, 0.29) is 41.8 Å². The van der Waals surface area contributed by atoms with Gasteiger partial charge in [0.1, 0.15) is 5.69 Å². The number of anilines is 1. The summed E-state index contributed by atoms with van der Waals surface area (Å²) < 4.78 is 39.3. The Balaban J connectivity index is 1.48. The number of carbonyl (C=O) groups is 2. The molecule has 5 rings (SSSR count). The number of aryl methyl sites for hydroxylation is 1. The smallest absolute Gasteiger partial charge is 0.283 e. The minimum Gasteiger partial charge on any atom is -0.489 e. The Hall–Kier alpha value is -2.95. The first-order chi connectivity index (χ1) is 21.1. The number of amides is 1. The zero-order valence-corrected chi connectivity index (χ0v) is 27.3. The van der Waals surface area contributed by atoms with Crippen LogP contribution in [0.4, 0.5) is 5.82 Å². The van der Waals surface area contributed by atoms with E-state index in [1.807, 2.05) is 25.1 Å². The molecule has 0 bridgehead atoms. The third-order valence-electron chi connectivity index (χ3n) is 9.36. The van der Waals surface area contributed by atoms with E-state index in [9.17, 15) is 18.0 Å². The van der Waals surface area contributed by atoms with Crippen LogP contribution < -0.4 is 14.4 Å². The number of pyridine rings is 1. The SMILES string of the molecule is CC/C=C/C(=O)[C@@H]1CC[C@H]1CN1C[C@@]2(CCCc3cc(Cl)ccc32)COc2ccc(C(=O)NS(=O)(=O)[C@@H](C)CCOC)nc21. The summed E-state index contributed by atoms with van der Waals surface area (Å²) in [6.07, 6.45) is 9.25. The monoisotopic (exact) mass is 643 g/mol. The molecule has 9 nitrogen and oxygen atoms in total. The van der Waals surface area contributed by atoms with Crippen molar-refractivity contribution in [1.29, 1.82) is 0 Å². The topological polar surface area (TPSA) is 115 Å². The molecule has 1 fully saturated rings. The fourth-order valence-corrected chi connectivity index (χ4v) is 7.80. The van der Waals surface area contributed by atoms with Gasteiger partial charge in [-0.1, -0.05) is 30.7 Å². The van der Waals surface area contributed by atoms with Crippen LogP contribution >= 0.6 is 11.6 Å². The highest BCUT2D eigenvalue weighted by atomic mass is 35.5. The molecule has 44 heavy (non-hydrogen) atoms. The van der Waals surface area contributed by atoms with Crippen LogP contribution in [0.15, 0.2) is 42.5 Å².